The summed E-state index contributed by atoms with van der Waals surface area (Å²) in [4.78, 5) is 0. The molecule has 2 fully saturated rings. The van der Waals surface area contributed by atoms with Crippen molar-refractivity contribution in [2.24, 2.45) is 17.4 Å². The monoisotopic (exact) mass is 140 g/mol. The zero-order valence-electron chi connectivity index (χ0n) is 6.34. The molecule has 2 rings (SSSR count). The highest BCUT2D eigenvalue weighted by atomic mass is 14.9. The molecule has 1 unspecified atom stereocenters. The van der Waals surface area contributed by atoms with Crippen molar-refractivity contribution in [3.8, 4) is 0 Å². The van der Waals surface area contributed by atoms with Gasteiger partial charge in [0.1, 0.15) is 0 Å². The number of rotatable bonds is 2. The van der Waals surface area contributed by atoms with E-state index in [-0.39, 0.29) is 5.54 Å². The number of hydrogen-bond acceptors (Lipinski definition) is 2. The van der Waals surface area contributed by atoms with Crippen molar-refractivity contribution in [1.82, 2.24) is 0 Å². The van der Waals surface area contributed by atoms with E-state index in [0.717, 1.165) is 18.8 Å². The Morgan fingerprint density at radius 1 is 1.30 bits per heavy atom. The van der Waals surface area contributed by atoms with Gasteiger partial charge in [0, 0.05) is 11.6 Å². The molecule has 4 N–H and O–H groups in total. The van der Waals surface area contributed by atoms with Gasteiger partial charge in [-0.05, 0) is 31.6 Å². The minimum Gasteiger partial charge on any atom is -0.326 e. The lowest BCUT2D eigenvalue weighted by atomic mass is 9.77. The van der Waals surface area contributed by atoms with Gasteiger partial charge in [0.05, 0.1) is 0 Å². The van der Waals surface area contributed by atoms with Crippen molar-refractivity contribution in [3.63, 3.8) is 0 Å². The van der Waals surface area contributed by atoms with Crippen LogP contribution in [0.15, 0.2) is 0 Å². The van der Waals surface area contributed by atoms with Gasteiger partial charge < -0.3 is 11.5 Å². The summed E-state index contributed by atoms with van der Waals surface area (Å²) in [5.41, 5.74) is 12.0. The lowest BCUT2D eigenvalue weighted by Crippen LogP contribution is -2.50. The quantitative estimate of drug-likeness (QED) is 0.590. The number of hydrogen-bond donors (Lipinski definition) is 2. The summed E-state index contributed by atoms with van der Waals surface area (Å²) in [7, 11) is 0. The average molecular weight is 140 g/mol. The topological polar surface area (TPSA) is 52.0 Å². The summed E-state index contributed by atoms with van der Waals surface area (Å²) in [6.45, 7) is 0. The fourth-order valence-corrected chi connectivity index (χ4v) is 1.75. The molecule has 0 aromatic rings. The first-order valence-electron chi connectivity index (χ1n) is 4.27. The fourth-order valence-electron chi connectivity index (χ4n) is 1.75. The molecule has 0 bridgehead atoms. The normalized spacial score (nSPS) is 33.0. The maximum absolute atomic E-state index is 5.99. The van der Waals surface area contributed by atoms with Gasteiger partial charge in [-0.25, -0.2) is 0 Å². The summed E-state index contributed by atoms with van der Waals surface area (Å²) in [6, 6.07) is 0.307. The molecule has 2 nitrogen and oxygen atoms in total. The first-order valence-corrected chi connectivity index (χ1v) is 4.27. The Hall–Kier alpha value is -0.0800. The summed E-state index contributed by atoms with van der Waals surface area (Å²) >= 11 is 0. The van der Waals surface area contributed by atoms with Crippen LogP contribution < -0.4 is 11.5 Å². The van der Waals surface area contributed by atoms with Crippen LogP contribution in [-0.4, -0.2) is 11.6 Å². The second-order valence-corrected chi connectivity index (χ2v) is 3.95. The van der Waals surface area contributed by atoms with Crippen LogP contribution in [0.4, 0.5) is 0 Å². The van der Waals surface area contributed by atoms with Crippen LogP contribution in [0, 0.1) is 5.92 Å². The van der Waals surface area contributed by atoms with E-state index in [1.54, 1.807) is 0 Å². The third kappa shape index (κ3) is 0.867. The minimum atomic E-state index is 0.0606. The van der Waals surface area contributed by atoms with Crippen molar-refractivity contribution in [1.29, 1.82) is 0 Å². The van der Waals surface area contributed by atoms with Crippen LogP contribution in [0.5, 0.6) is 0 Å². The summed E-state index contributed by atoms with van der Waals surface area (Å²) in [5, 5.41) is 0. The Labute approximate surface area is 62.0 Å². The van der Waals surface area contributed by atoms with E-state index in [1.165, 1.54) is 19.3 Å². The lowest BCUT2D eigenvalue weighted by molar-refractivity contribution is 0.230. The Bertz CT molecular complexity index is 136. The van der Waals surface area contributed by atoms with E-state index in [9.17, 15) is 0 Å². The fraction of sp³-hybridized carbons (Fsp3) is 1.00. The van der Waals surface area contributed by atoms with Crippen LogP contribution in [0.2, 0.25) is 0 Å². The largest absolute Gasteiger partial charge is 0.326 e. The molecule has 1 atom stereocenters. The molecule has 58 valence electrons. The zero-order valence-corrected chi connectivity index (χ0v) is 6.34. The van der Waals surface area contributed by atoms with Gasteiger partial charge in [0.25, 0.3) is 0 Å². The second kappa shape index (κ2) is 1.95. The van der Waals surface area contributed by atoms with E-state index in [4.69, 9.17) is 11.5 Å². The molecular formula is C8H16N2. The minimum absolute atomic E-state index is 0.0606. The smallest absolute Gasteiger partial charge is 0.0311 e. The molecule has 2 aliphatic carbocycles. The van der Waals surface area contributed by atoms with Gasteiger partial charge in [0.15, 0.2) is 0 Å². The van der Waals surface area contributed by atoms with Crippen molar-refractivity contribution in [2.45, 2.75) is 43.7 Å². The van der Waals surface area contributed by atoms with Crippen LogP contribution in [-0.2, 0) is 0 Å². The first kappa shape index (κ1) is 6.62. The number of nitrogens with two attached hydrogens (primary N) is 2. The van der Waals surface area contributed by atoms with E-state index >= 15 is 0 Å². The van der Waals surface area contributed by atoms with Crippen LogP contribution in [0.3, 0.4) is 0 Å². The SMILES string of the molecule is NC(C1CCC1)C1(N)CC1. The van der Waals surface area contributed by atoms with Gasteiger partial charge in [0.2, 0.25) is 0 Å². The highest BCUT2D eigenvalue weighted by molar-refractivity contribution is 5.09. The first-order chi connectivity index (χ1) is 4.72. The van der Waals surface area contributed by atoms with Gasteiger partial charge in [-0.15, -0.1) is 0 Å². The predicted octanol–water partition coefficient (Wildman–Crippen LogP) is 0.605. The van der Waals surface area contributed by atoms with Gasteiger partial charge in [-0.2, -0.15) is 0 Å². The standard InChI is InChI=1S/C8H16N2/c9-7(6-2-1-3-6)8(10)4-5-8/h6-7H,1-5,9-10H2. The zero-order chi connectivity index (χ0) is 7.19. The van der Waals surface area contributed by atoms with E-state index in [1.807, 2.05) is 0 Å². The molecule has 2 aliphatic rings. The average Bonchev–Trinajstić information content (AvgIpc) is 2.44. The van der Waals surface area contributed by atoms with Crippen LogP contribution >= 0.6 is 0 Å². The Kier molecular flexibility index (Phi) is 1.29. The summed E-state index contributed by atoms with van der Waals surface area (Å²) in [6.07, 6.45) is 6.32. The Morgan fingerprint density at radius 3 is 2.20 bits per heavy atom. The molecule has 2 saturated carbocycles. The van der Waals surface area contributed by atoms with Crippen molar-refractivity contribution < 1.29 is 0 Å². The predicted molar refractivity (Wildman–Crippen MR) is 41.5 cm³/mol. The molecule has 10 heavy (non-hydrogen) atoms. The van der Waals surface area contributed by atoms with Crippen molar-refractivity contribution >= 4 is 0 Å². The van der Waals surface area contributed by atoms with E-state index in [0.29, 0.717) is 6.04 Å². The highest BCUT2D eigenvalue weighted by Crippen LogP contribution is 2.42. The van der Waals surface area contributed by atoms with Crippen molar-refractivity contribution in [3.05, 3.63) is 0 Å². The van der Waals surface area contributed by atoms with E-state index in [2.05, 4.69) is 0 Å². The van der Waals surface area contributed by atoms with Gasteiger partial charge >= 0.3 is 0 Å². The van der Waals surface area contributed by atoms with Crippen LogP contribution in [0.25, 0.3) is 0 Å². The van der Waals surface area contributed by atoms with Gasteiger partial charge in [-0.1, -0.05) is 6.42 Å². The molecule has 0 amide bonds. The third-order valence-corrected chi connectivity index (χ3v) is 3.15. The van der Waals surface area contributed by atoms with Crippen molar-refractivity contribution in [2.75, 3.05) is 0 Å². The molecule has 0 aromatic heterocycles. The Balaban J connectivity index is 1.91. The molecule has 0 spiro atoms. The van der Waals surface area contributed by atoms with Gasteiger partial charge in [-0.3, -0.25) is 0 Å². The molecular weight excluding hydrogens is 124 g/mol. The van der Waals surface area contributed by atoms with E-state index < -0.39 is 0 Å². The maximum atomic E-state index is 5.99. The maximum Gasteiger partial charge on any atom is 0.0311 e. The molecule has 0 saturated heterocycles. The third-order valence-electron chi connectivity index (χ3n) is 3.15. The molecule has 0 heterocycles. The molecule has 0 radical (unpaired) electrons. The second-order valence-electron chi connectivity index (χ2n) is 3.95. The Morgan fingerprint density at radius 2 is 1.90 bits per heavy atom. The summed E-state index contributed by atoms with van der Waals surface area (Å²) in [5.74, 6) is 0.757. The molecule has 0 aromatic carbocycles. The highest BCUT2D eigenvalue weighted by Gasteiger charge is 2.47. The molecule has 2 heteroatoms. The molecule has 0 aliphatic heterocycles. The lowest BCUT2D eigenvalue weighted by Gasteiger charge is -2.34. The summed E-state index contributed by atoms with van der Waals surface area (Å²) < 4.78 is 0. The van der Waals surface area contributed by atoms with Crippen LogP contribution in [0.1, 0.15) is 32.1 Å².